The monoisotopic (exact) mass is 390 g/mol. The minimum atomic E-state index is -0.921. The van der Waals surface area contributed by atoms with Crippen molar-refractivity contribution in [3.8, 4) is 5.75 Å². The molecule has 2 aromatic carbocycles. The van der Waals surface area contributed by atoms with Crippen LogP contribution in [0.25, 0.3) is 5.76 Å². The number of Topliss-reactive ketones (excluding diaryl/α,β-unsaturated/α-hetero) is 1. The summed E-state index contributed by atoms with van der Waals surface area (Å²) in [4.78, 5) is 27.2. The number of ketones is 1. The van der Waals surface area contributed by atoms with Crippen LogP contribution in [-0.2, 0) is 9.59 Å². The molecule has 7 nitrogen and oxygen atoms in total. The molecule has 2 heterocycles. The highest BCUT2D eigenvalue weighted by molar-refractivity contribution is 6.51. The van der Waals surface area contributed by atoms with Crippen molar-refractivity contribution in [3.63, 3.8) is 0 Å². The Kier molecular flexibility index (Phi) is 4.64. The molecule has 1 N–H and O–H groups in total. The van der Waals surface area contributed by atoms with Crippen molar-refractivity contribution in [2.45, 2.75) is 13.0 Å². The van der Waals surface area contributed by atoms with Crippen LogP contribution in [-0.4, -0.2) is 29.1 Å². The van der Waals surface area contributed by atoms with Crippen LogP contribution in [0.3, 0.4) is 0 Å². The molecule has 1 saturated heterocycles. The van der Waals surface area contributed by atoms with Crippen molar-refractivity contribution in [1.29, 1.82) is 0 Å². The first-order valence-electron chi connectivity index (χ1n) is 8.95. The fourth-order valence-electron chi connectivity index (χ4n) is 3.47. The molecule has 1 fully saturated rings. The van der Waals surface area contributed by atoms with E-state index in [-0.39, 0.29) is 17.2 Å². The molecule has 1 atom stereocenters. The van der Waals surface area contributed by atoms with Gasteiger partial charge in [0.05, 0.1) is 12.7 Å². The third kappa shape index (κ3) is 3.06. The summed E-state index contributed by atoms with van der Waals surface area (Å²) in [6.45, 7) is 1.69. The summed E-state index contributed by atoms with van der Waals surface area (Å²) in [5, 5.41) is 14.9. The molecule has 1 aromatic heterocycles. The van der Waals surface area contributed by atoms with Gasteiger partial charge in [-0.05, 0) is 13.0 Å². The number of rotatable bonds is 4. The zero-order chi connectivity index (χ0) is 20.5. The van der Waals surface area contributed by atoms with E-state index in [0.717, 1.165) is 0 Å². The first-order valence-corrected chi connectivity index (χ1v) is 8.95. The first kappa shape index (κ1) is 18.5. The van der Waals surface area contributed by atoms with Crippen LogP contribution in [0.15, 0.2) is 70.8 Å². The lowest BCUT2D eigenvalue weighted by molar-refractivity contribution is -0.132. The van der Waals surface area contributed by atoms with E-state index in [0.29, 0.717) is 22.6 Å². The highest BCUT2D eigenvalue weighted by Gasteiger charge is 2.48. The minimum absolute atomic E-state index is 0.0358. The van der Waals surface area contributed by atoms with Gasteiger partial charge < -0.3 is 14.4 Å². The molecule has 146 valence electrons. The van der Waals surface area contributed by atoms with Gasteiger partial charge >= 0.3 is 5.91 Å². The Balaban J connectivity index is 1.99. The van der Waals surface area contributed by atoms with Crippen molar-refractivity contribution in [3.05, 3.63) is 83.1 Å². The molecule has 3 aromatic rings. The molecule has 0 saturated carbocycles. The molecule has 4 rings (SSSR count). The van der Waals surface area contributed by atoms with Crippen LogP contribution in [0.1, 0.15) is 22.9 Å². The summed E-state index contributed by atoms with van der Waals surface area (Å²) in [5.41, 5.74) is 0.945. The second-order valence-corrected chi connectivity index (χ2v) is 6.57. The second kappa shape index (κ2) is 7.27. The highest BCUT2D eigenvalue weighted by Crippen LogP contribution is 2.44. The largest absolute Gasteiger partial charge is 0.507 e. The van der Waals surface area contributed by atoms with E-state index in [4.69, 9.17) is 9.26 Å². The fraction of sp³-hybridized carbons (Fsp3) is 0.136. The van der Waals surface area contributed by atoms with Crippen molar-refractivity contribution < 1.29 is 24.0 Å². The summed E-state index contributed by atoms with van der Waals surface area (Å²) < 4.78 is 10.6. The average Bonchev–Trinajstić information content (AvgIpc) is 3.29. The van der Waals surface area contributed by atoms with Gasteiger partial charge in [-0.15, -0.1) is 0 Å². The second-order valence-electron chi connectivity index (χ2n) is 6.57. The zero-order valence-electron chi connectivity index (χ0n) is 15.8. The third-order valence-electron chi connectivity index (χ3n) is 4.79. The molecule has 1 aliphatic rings. The van der Waals surface area contributed by atoms with Crippen molar-refractivity contribution in [2.75, 3.05) is 12.0 Å². The maximum atomic E-state index is 13.0. The van der Waals surface area contributed by atoms with Gasteiger partial charge in [0, 0.05) is 17.2 Å². The summed E-state index contributed by atoms with van der Waals surface area (Å²) >= 11 is 0. The number of aliphatic hydroxyl groups is 1. The number of aryl methyl sites for hydroxylation is 1. The lowest BCUT2D eigenvalue weighted by Crippen LogP contribution is -2.29. The van der Waals surface area contributed by atoms with E-state index in [9.17, 15) is 14.7 Å². The van der Waals surface area contributed by atoms with Crippen LogP contribution in [0.2, 0.25) is 0 Å². The molecule has 7 heteroatoms. The number of carbonyl (C=O) groups is 2. The van der Waals surface area contributed by atoms with Gasteiger partial charge in [0.25, 0.3) is 5.78 Å². The van der Waals surface area contributed by atoms with E-state index < -0.39 is 17.7 Å². The molecule has 1 unspecified atom stereocenters. The topological polar surface area (TPSA) is 92.9 Å². The van der Waals surface area contributed by atoms with Gasteiger partial charge in [0.1, 0.15) is 23.3 Å². The molecule has 0 bridgehead atoms. The Morgan fingerprint density at radius 1 is 1.10 bits per heavy atom. The van der Waals surface area contributed by atoms with Crippen LogP contribution in [0.5, 0.6) is 5.75 Å². The molecule has 29 heavy (non-hydrogen) atoms. The highest BCUT2D eigenvalue weighted by atomic mass is 16.5. The van der Waals surface area contributed by atoms with E-state index in [2.05, 4.69) is 5.16 Å². The standard InChI is InChI=1S/C22H18N2O5/c1-13-12-17(23-29-13)24-19(15-10-6-7-11-16(15)28-2)18(21(26)22(24)27)20(25)14-8-4-3-5-9-14/h3-12,19,25H,1-2H3. The molecule has 1 aliphatic heterocycles. The molecule has 1 amide bonds. The summed E-state index contributed by atoms with van der Waals surface area (Å²) in [7, 11) is 1.50. The number of para-hydroxylation sites is 1. The number of benzene rings is 2. The van der Waals surface area contributed by atoms with Crippen molar-refractivity contribution in [2.24, 2.45) is 0 Å². The Bertz CT molecular complexity index is 1120. The predicted molar refractivity (Wildman–Crippen MR) is 105 cm³/mol. The van der Waals surface area contributed by atoms with Gasteiger partial charge in [-0.3, -0.25) is 14.5 Å². The third-order valence-corrected chi connectivity index (χ3v) is 4.79. The van der Waals surface area contributed by atoms with Crippen LogP contribution in [0, 0.1) is 6.92 Å². The molecule has 0 aliphatic carbocycles. The molecule has 0 radical (unpaired) electrons. The number of ether oxygens (including phenoxy) is 1. The van der Waals surface area contributed by atoms with Gasteiger partial charge in [0.15, 0.2) is 5.82 Å². The first-order chi connectivity index (χ1) is 14.0. The van der Waals surface area contributed by atoms with E-state index >= 15 is 0 Å². The van der Waals surface area contributed by atoms with Crippen LogP contribution in [0.4, 0.5) is 5.82 Å². The number of methoxy groups -OCH3 is 1. The number of nitrogens with zero attached hydrogens (tertiary/aromatic N) is 2. The van der Waals surface area contributed by atoms with E-state index in [1.807, 2.05) is 0 Å². The van der Waals surface area contributed by atoms with Gasteiger partial charge in [-0.2, -0.15) is 0 Å². The van der Waals surface area contributed by atoms with Crippen molar-refractivity contribution >= 4 is 23.3 Å². The fourth-order valence-corrected chi connectivity index (χ4v) is 3.47. The lowest BCUT2D eigenvalue weighted by atomic mass is 9.94. The quantitative estimate of drug-likeness (QED) is 0.416. The smallest absolute Gasteiger partial charge is 0.301 e. The molecular formula is C22H18N2O5. The van der Waals surface area contributed by atoms with E-state index in [1.165, 1.54) is 12.0 Å². The summed E-state index contributed by atoms with van der Waals surface area (Å²) in [5.74, 6) is -0.711. The number of aliphatic hydroxyl groups excluding tert-OH is 1. The number of aromatic nitrogens is 1. The van der Waals surface area contributed by atoms with Crippen LogP contribution >= 0.6 is 0 Å². The summed E-state index contributed by atoms with van der Waals surface area (Å²) in [6.07, 6.45) is 0. The maximum absolute atomic E-state index is 13.0. The number of anilines is 1. The van der Waals surface area contributed by atoms with Crippen molar-refractivity contribution in [1.82, 2.24) is 5.16 Å². The Morgan fingerprint density at radius 2 is 1.79 bits per heavy atom. The van der Waals surface area contributed by atoms with Crippen LogP contribution < -0.4 is 9.64 Å². The summed E-state index contributed by atoms with van der Waals surface area (Å²) in [6, 6.07) is 16.3. The van der Waals surface area contributed by atoms with Gasteiger partial charge in [-0.25, -0.2) is 0 Å². The Hall–Kier alpha value is -3.87. The maximum Gasteiger partial charge on any atom is 0.301 e. The number of hydrogen-bond donors (Lipinski definition) is 1. The van der Waals surface area contributed by atoms with Gasteiger partial charge in [0.2, 0.25) is 0 Å². The lowest BCUT2D eigenvalue weighted by Gasteiger charge is -2.24. The molecule has 0 spiro atoms. The number of hydrogen-bond acceptors (Lipinski definition) is 6. The minimum Gasteiger partial charge on any atom is -0.507 e. The number of carbonyl (C=O) groups excluding carboxylic acids is 2. The Morgan fingerprint density at radius 3 is 2.45 bits per heavy atom. The zero-order valence-corrected chi connectivity index (χ0v) is 15.8. The average molecular weight is 390 g/mol. The predicted octanol–water partition coefficient (Wildman–Crippen LogP) is 3.62. The van der Waals surface area contributed by atoms with Gasteiger partial charge in [-0.1, -0.05) is 53.7 Å². The number of amides is 1. The SMILES string of the molecule is COc1ccccc1C1C(=C(O)c2ccccc2)C(=O)C(=O)N1c1cc(C)on1. The van der Waals surface area contributed by atoms with E-state index in [1.54, 1.807) is 67.6 Å². The normalized spacial score (nSPS) is 18.3. The molecular weight excluding hydrogens is 372 g/mol. The Labute approximate surface area is 166 Å².